The number of carboxylic acids is 1. The molecule has 0 radical (unpaired) electrons. The molecule has 0 aromatic heterocycles. The van der Waals surface area contributed by atoms with E-state index in [0.29, 0.717) is 0 Å². The number of aromatic carboxylic acids is 1. The van der Waals surface area contributed by atoms with Crippen molar-refractivity contribution in [2.45, 2.75) is 55.4 Å². The van der Waals surface area contributed by atoms with Gasteiger partial charge in [-0.25, -0.2) is 14.4 Å². The highest BCUT2D eigenvalue weighted by Gasteiger charge is 2.49. The Kier molecular flexibility index (Phi) is 7.40. The van der Waals surface area contributed by atoms with Crippen LogP contribution < -0.4 is 0 Å². The predicted octanol–water partition coefficient (Wildman–Crippen LogP) is -2.29. The van der Waals surface area contributed by atoms with Crippen molar-refractivity contribution in [3.05, 3.63) is 46.9 Å². The normalized spacial score (nSPS) is 31.0. The maximum atomic E-state index is 12.7. The zero-order valence-electron chi connectivity index (χ0n) is 17.2. The lowest BCUT2D eigenvalue weighted by Gasteiger charge is -2.41. The minimum atomic E-state index is -2.03. The number of esters is 2. The van der Waals surface area contributed by atoms with Gasteiger partial charge in [0.25, 0.3) is 0 Å². The molecule has 14 heteroatoms. The van der Waals surface area contributed by atoms with Crippen LogP contribution in [0.15, 0.2) is 35.8 Å². The molecule has 14 nitrogen and oxygen atoms in total. The van der Waals surface area contributed by atoms with Gasteiger partial charge in [0, 0.05) is 6.42 Å². The summed E-state index contributed by atoms with van der Waals surface area (Å²) in [5.41, 5.74) is -0.504. The molecule has 1 aromatic carbocycles. The molecular weight excluding hydrogens is 464 g/mol. The molecule has 0 spiro atoms. The second kappa shape index (κ2) is 9.92. The SMILES string of the molecule is O=C1O[C@H]([C@@H](O)CC(OC(=O)c2cccc(C(=O)O)c2)[C@@H]2O[C@H](O)[C@H](O)[C@@H](O)[C@@H]2O)C(O)=C1O. The monoisotopic (exact) mass is 486 g/mol. The van der Waals surface area contributed by atoms with E-state index in [0.717, 1.165) is 6.07 Å². The van der Waals surface area contributed by atoms with Crippen LogP contribution in [0.1, 0.15) is 27.1 Å². The summed E-state index contributed by atoms with van der Waals surface area (Å²) in [6.07, 6.45) is -15.7. The zero-order valence-corrected chi connectivity index (χ0v) is 17.2. The van der Waals surface area contributed by atoms with Crippen molar-refractivity contribution in [3.8, 4) is 0 Å². The van der Waals surface area contributed by atoms with Crippen LogP contribution in [-0.4, -0.2) is 108 Å². The molecular formula is C20H22O14. The van der Waals surface area contributed by atoms with E-state index in [1.807, 2.05) is 0 Å². The first kappa shape index (κ1) is 25.4. The summed E-state index contributed by atoms with van der Waals surface area (Å²) in [5, 5.41) is 78.6. The third kappa shape index (κ3) is 4.96. The topological polar surface area (TPSA) is 241 Å². The maximum absolute atomic E-state index is 12.7. The van der Waals surface area contributed by atoms with E-state index >= 15 is 0 Å². The highest BCUT2D eigenvalue weighted by molar-refractivity contribution is 5.94. The number of rotatable bonds is 7. The highest BCUT2D eigenvalue weighted by atomic mass is 16.7. The summed E-state index contributed by atoms with van der Waals surface area (Å²) >= 11 is 0. The molecule has 8 atom stereocenters. The van der Waals surface area contributed by atoms with Crippen LogP contribution in [0.25, 0.3) is 0 Å². The lowest BCUT2D eigenvalue weighted by atomic mass is 9.91. The molecule has 0 aliphatic carbocycles. The Hall–Kier alpha value is -3.27. The van der Waals surface area contributed by atoms with Gasteiger partial charge in [0.2, 0.25) is 5.76 Å². The lowest BCUT2D eigenvalue weighted by molar-refractivity contribution is -0.298. The van der Waals surface area contributed by atoms with Crippen LogP contribution in [0.4, 0.5) is 0 Å². The first-order valence-corrected chi connectivity index (χ1v) is 9.85. The van der Waals surface area contributed by atoms with Gasteiger partial charge in [-0.3, -0.25) is 0 Å². The number of cyclic esters (lactones) is 1. The largest absolute Gasteiger partial charge is 0.505 e. The molecule has 2 aliphatic rings. The van der Waals surface area contributed by atoms with E-state index in [1.165, 1.54) is 18.2 Å². The van der Waals surface area contributed by atoms with E-state index < -0.39 is 84.9 Å². The minimum Gasteiger partial charge on any atom is -0.505 e. The van der Waals surface area contributed by atoms with Crippen LogP contribution in [0, 0.1) is 0 Å². The van der Waals surface area contributed by atoms with Crippen molar-refractivity contribution in [2.75, 3.05) is 0 Å². The number of carboxylic acid groups (broad SMARTS) is 1. The Morgan fingerprint density at radius 2 is 1.68 bits per heavy atom. The molecule has 1 fully saturated rings. The molecule has 1 unspecified atom stereocenters. The zero-order chi connectivity index (χ0) is 25.3. The van der Waals surface area contributed by atoms with Crippen molar-refractivity contribution in [3.63, 3.8) is 0 Å². The summed E-state index contributed by atoms with van der Waals surface area (Å²) in [6.45, 7) is 0. The van der Waals surface area contributed by atoms with Gasteiger partial charge in [-0.1, -0.05) is 6.07 Å². The number of benzene rings is 1. The minimum absolute atomic E-state index is 0.251. The number of carbonyl (C=O) groups excluding carboxylic acids is 2. The van der Waals surface area contributed by atoms with Crippen LogP contribution in [0.2, 0.25) is 0 Å². The molecule has 0 saturated carbocycles. The second-order valence-electron chi connectivity index (χ2n) is 7.66. The van der Waals surface area contributed by atoms with Crippen LogP contribution in [-0.2, 0) is 19.0 Å². The molecule has 34 heavy (non-hydrogen) atoms. The van der Waals surface area contributed by atoms with Crippen LogP contribution in [0.3, 0.4) is 0 Å². The van der Waals surface area contributed by atoms with Gasteiger partial charge in [0.15, 0.2) is 18.2 Å². The molecule has 3 rings (SSSR count). The molecule has 1 aromatic rings. The van der Waals surface area contributed by atoms with Crippen molar-refractivity contribution in [1.82, 2.24) is 0 Å². The number of aliphatic hydroxyl groups excluding tert-OH is 7. The van der Waals surface area contributed by atoms with Crippen LogP contribution in [0.5, 0.6) is 0 Å². The van der Waals surface area contributed by atoms with Gasteiger partial charge in [-0.05, 0) is 18.2 Å². The van der Waals surface area contributed by atoms with Gasteiger partial charge >= 0.3 is 17.9 Å². The summed E-state index contributed by atoms with van der Waals surface area (Å²) < 4.78 is 14.9. The Balaban J connectivity index is 1.87. The Morgan fingerprint density at radius 1 is 1.03 bits per heavy atom. The van der Waals surface area contributed by atoms with Gasteiger partial charge in [0.05, 0.1) is 11.1 Å². The molecule has 1 saturated heterocycles. The van der Waals surface area contributed by atoms with Gasteiger partial charge in [-0.2, -0.15) is 0 Å². The van der Waals surface area contributed by atoms with Crippen LogP contribution >= 0.6 is 0 Å². The first-order valence-electron chi connectivity index (χ1n) is 9.85. The third-order valence-corrected chi connectivity index (χ3v) is 5.36. The number of hydrogen-bond donors (Lipinski definition) is 8. The van der Waals surface area contributed by atoms with Crippen molar-refractivity contribution < 1.29 is 69.4 Å². The molecule has 8 N–H and O–H groups in total. The quantitative estimate of drug-likeness (QED) is 0.189. The maximum Gasteiger partial charge on any atom is 0.377 e. The van der Waals surface area contributed by atoms with E-state index in [1.54, 1.807) is 0 Å². The summed E-state index contributed by atoms with van der Waals surface area (Å²) in [5.74, 6) is -5.97. The lowest BCUT2D eigenvalue weighted by Crippen LogP contribution is -2.61. The molecule has 0 amide bonds. The number of ether oxygens (including phenoxy) is 3. The number of aliphatic hydroxyl groups is 7. The third-order valence-electron chi connectivity index (χ3n) is 5.36. The van der Waals surface area contributed by atoms with E-state index in [-0.39, 0.29) is 11.1 Å². The summed E-state index contributed by atoms with van der Waals surface area (Å²) in [7, 11) is 0. The van der Waals surface area contributed by atoms with Crippen molar-refractivity contribution in [2.24, 2.45) is 0 Å². The van der Waals surface area contributed by atoms with Crippen molar-refractivity contribution >= 4 is 17.9 Å². The Labute approximate surface area is 190 Å². The Morgan fingerprint density at radius 3 is 2.26 bits per heavy atom. The fourth-order valence-corrected chi connectivity index (χ4v) is 3.52. The van der Waals surface area contributed by atoms with E-state index in [4.69, 9.17) is 14.6 Å². The number of hydrogen-bond acceptors (Lipinski definition) is 13. The average Bonchev–Trinajstić information content (AvgIpc) is 3.06. The molecule has 2 aliphatic heterocycles. The van der Waals surface area contributed by atoms with E-state index in [9.17, 15) is 50.1 Å². The van der Waals surface area contributed by atoms with Gasteiger partial charge < -0.3 is 55.1 Å². The van der Waals surface area contributed by atoms with Gasteiger partial charge in [0.1, 0.15) is 36.6 Å². The smallest absolute Gasteiger partial charge is 0.377 e. The van der Waals surface area contributed by atoms with Crippen molar-refractivity contribution in [1.29, 1.82) is 0 Å². The summed E-state index contributed by atoms with van der Waals surface area (Å²) in [6, 6.07) is 4.65. The molecule has 2 heterocycles. The molecule has 0 bridgehead atoms. The highest BCUT2D eigenvalue weighted by Crippen LogP contribution is 2.29. The summed E-state index contributed by atoms with van der Waals surface area (Å²) in [4.78, 5) is 35.3. The second-order valence-corrected chi connectivity index (χ2v) is 7.66. The fourth-order valence-electron chi connectivity index (χ4n) is 3.52. The fraction of sp³-hybridized carbons (Fsp3) is 0.450. The number of carbonyl (C=O) groups is 3. The van der Waals surface area contributed by atoms with E-state index in [2.05, 4.69) is 4.74 Å². The standard InChI is InChI=1S/C20H22O14/c21-8(15-12(24)14(26)20(31)33-15)5-9(16-11(23)10(22)13(25)19(30)34-16)32-18(29)7-3-1-2-6(4-7)17(27)28/h1-4,8-11,13,15-16,19,21-26,30H,5H2,(H,27,28)/t8-,9?,10-,11-,13+,15+,16-,19-/m0/s1. The predicted molar refractivity (Wildman–Crippen MR) is 104 cm³/mol. The molecule has 186 valence electrons. The average molecular weight is 486 g/mol. The Bertz CT molecular complexity index is 989. The first-order chi connectivity index (χ1) is 15.9. The van der Waals surface area contributed by atoms with Gasteiger partial charge in [-0.15, -0.1) is 0 Å².